The van der Waals surface area contributed by atoms with E-state index in [0.717, 1.165) is 10.5 Å². The zero-order valence-electron chi connectivity index (χ0n) is 21.7. The van der Waals surface area contributed by atoms with Gasteiger partial charge in [0.25, 0.3) is 15.9 Å². The van der Waals surface area contributed by atoms with Crippen LogP contribution in [0.1, 0.15) is 47.2 Å². The fourth-order valence-electron chi connectivity index (χ4n) is 4.99. The summed E-state index contributed by atoms with van der Waals surface area (Å²) in [7, 11) is -2.80. The molecule has 0 aromatic heterocycles. The molecule has 0 radical (unpaired) electrons. The van der Waals surface area contributed by atoms with Gasteiger partial charge in [0, 0.05) is 58.2 Å². The van der Waals surface area contributed by atoms with E-state index in [2.05, 4.69) is 15.4 Å². The standard InChI is InChI=1S/C23H28F8N6O3S/c1-33-13-18(35-32)41(39,40)37-10-8-36(9-11-37)20(4-6-21(24,25)7-5-20)14-34-19(38)16-3-2-15(22(26,27)28)12-17(16)23(29,30)31/h2-3,12-13H,4-11,14,32H2,1H3,(H,34,38). The van der Waals surface area contributed by atoms with Gasteiger partial charge in [0.2, 0.25) is 11.0 Å². The molecular formula is C23H28F8N6O3S. The molecule has 0 unspecified atom stereocenters. The highest BCUT2D eigenvalue weighted by Gasteiger charge is 2.48. The van der Waals surface area contributed by atoms with Crippen molar-refractivity contribution >= 4 is 27.2 Å². The number of piperazine rings is 1. The van der Waals surface area contributed by atoms with Gasteiger partial charge in [0.05, 0.1) is 22.9 Å². The zero-order chi connectivity index (χ0) is 30.9. The van der Waals surface area contributed by atoms with Crippen molar-refractivity contribution < 1.29 is 48.3 Å². The second-order valence-electron chi connectivity index (χ2n) is 9.76. The smallest absolute Gasteiger partial charge is 0.350 e. The number of amides is 1. The number of nitrogens with one attached hydrogen (secondary N) is 1. The number of benzene rings is 1. The molecule has 1 aliphatic heterocycles. The van der Waals surface area contributed by atoms with Crippen molar-refractivity contribution in [2.24, 2.45) is 15.9 Å². The summed E-state index contributed by atoms with van der Waals surface area (Å²) in [6.45, 7) is -0.568. The van der Waals surface area contributed by atoms with E-state index in [-0.39, 0.29) is 45.1 Å². The molecule has 0 spiro atoms. The predicted molar refractivity (Wildman–Crippen MR) is 133 cm³/mol. The first-order valence-corrected chi connectivity index (χ1v) is 13.7. The number of hydrazone groups is 1. The molecule has 0 bridgehead atoms. The monoisotopic (exact) mass is 620 g/mol. The second kappa shape index (κ2) is 11.8. The number of aliphatic imine (C=N–C) groups is 1. The third-order valence-electron chi connectivity index (χ3n) is 7.27. The molecular weight excluding hydrogens is 592 g/mol. The molecule has 1 saturated carbocycles. The Hall–Kier alpha value is -2.86. The Labute approximate surface area is 230 Å². The average Bonchev–Trinajstić information content (AvgIpc) is 2.90. The van der Waals surface area contributed by atoms with Crippen LogP contribution in [0.5, 0.6) is 0 Å². The van der Waals surface area contributed by atoms with Crippen molar-refractivity contribution in [2.45, 2.75) is 49.5 Å². The normalized spacial score (nSPS) is 21.2. The molecule has 18 heteroatoms. The number of sulfonamides is 1. The lowest BCUT2D eigenvalue weighted by atomic mass is 9.78. The molecule has 3 N–H and O–H groups in total. The molecule has 0 atom stereocenters. The number of hydrogen-bond donors (Lipinski definition) is 2. The Balaban J connectivity index is 1.83. The molecule has 230 valence electrons. The Morgan fingerprint density at radius 2 is 1.61 bits per heavy atom. The summed E-state index contributed by atoms with van der Waals surface area (Å²) >= 11 is 0. The van der Waals surface area contributed by atoms with E-state index in [1.165, 1.54) is 7.05 Å². The number of nitrogens with two attached hydrogens (primary N) is 1. The number of hydrogen-bond acceptors (Lipinski definition) is 7. The van der Waals surface area contributed by atoms with Crippen molar-refractivity contribution in [3.05, 3.63) is 34.9 Å². The molecule has 41 heavy (non-hydrogen) atoms. The number of carbonyl (C=O) groups excluding carboxylic acids is 1. The van der Waals surface area contributed by atoms with E-state index in [1.807, 2.05) is 0 Å². The molecule has 3 rings (SSSR count). The Bertz CT molecular complexity index is 1280. The summed E-state index contributed by atoms with van der Waals surface area (Å²) < 4.78 is 135. The van der Waals surface area contributed by atoms with Crippen LogP contribution in [-0.2, 0) is 22.4 Å². The topological polar surface area (TPSA) is 120 Å². The number of alkyl halides is 8. The lowest BCUT2D eigenvalue weighted by Crippen LogP contribution is -2.63. The molecule has 1 amide bonds. The van der Waals surface area contributed by atoms with Crippen molar-refractivity contribution in [1.82, 2.24) is 14.5 Å². The van der Waals surface area contributed by atoms with Gasteiger partial charge >= 0.3 is 12.4 Å². The molecule has 1 saturated heterocycles. The SMILES string of the molecule is CN=CC(=NN)S(=O)(=O)N1CCN(C2(CNC(=O)c3ccc(C(F)(F)F)cc3C(F)(F)F)CCC(F)(F)CC2)CC1. The average molecular weight is 621 g/mol. The van der Waals surface area contributed by atoms with Crippen LogP contribution in [0.3, 0.4) is 0 Å². The predicted octanol–water partition coefficient (Wildman–Crippen LogP) is 3.32. The summed E-state index contributed by atoms with van der Waals surface area (Å²) in [6, 6.07) is 0.610. The number of rotatable bonds is 6. The maximum absolute atomic E-state index is 14.1. The lowest BCUT2D eigenvalue weighted by Gasteiger charge is -2.50. The minimum absolute atomic E-state index is 0.0237. The Morgan fingerprint density at radius 1 is 1.02 bits per heavy atom. The maximum atomic E-state index is 14.1. The largest absolute Gasteiger partial charge is 0.417 e. The van der Waals surface area contributed by atoms with Gasteiger partial charge in [-0.1, -0.05) is 0 Å². The van der Waals surface area contributed by atoms with Gasteiger partial charge in [-0.3, -0.25) is 14.7 Å². The number of nitrogens with zero attached hydrogens (tertiary/aromatic N) is 4. The maximum Gasteiger partial charge on any atom is 0.417 e. The van der Waals surface area contributed by atoms with Crippen molar-refractivity contribution in [1.29, 1.82) is 0 Å². The molecule has 1 aromatic carbocycles. The summed E-state index contributed by atoms with van der Waals surface area (Å²) in [6.07, 6.45) is -10.9. The highest BCUT2D eigenvalue weighted by molar-refractivity contribution is 8.06. The van der Waals surface area contributed by atoms with Gasteiger partial charge in [-0.15, -0.1) is 0 Å². The van der Waals surface area contributed by atoms with Crippen LogP contribution in [0.25, 0.3) is 0 Å². The van der Waals surface area contributed by atoms with Crippen LogP contribution in [0, 0.1) is 0 Å². The molecule has 1 aliphatic carbocycles. The van der Waals surface area contributed by atoms with Gasteiger partial charge in [-0.05, 0) is 31.0 Å². The van der Waals surface area contributed by atoms with E-state index in [9.17, 15) is 48.3 Å². The molecule has 1 heterocycles. The first-order valence-electron chi connectivity index (χ1n) is 12.3. The van der Waals surface area contributed by atoms with Gasteiger partial charge in [-0.2, -0.15) is 35.7 Å². The van der Waals surface area contributed by atoms with Crippen LogP contribution in [0.4, 0.5) is 35.1 Å². The highest BCUT2D eigenvalue weighted by atomic mass is 32.2. The Morgan fingerprint density at radius 3 is 2.10 bits per heavy atom. The summed E-state index contributed by atoms with van der Waals surface area (Å²) in [4.78, 5) is 18.1. The summed E-state index contributed by atoms with van der Waals surface area (Å²) in [5.74, 6) is 0.829. The van der Waals surface area contributed by atoms with E-state index >= 15 is 0 Å². The summed E-state index contributed by atoms with van der Waals surface area (Å²) in [5, 5.41) is 5.04. The van der Waals surface area contributed by atoms with E-state index in [1.54, 1.807) is 4.90 Å². The molecule has 1 aromatic rings. The van der Waals surface area contributed by atoms with Gasteiger partial charge in [0.1, 0.15) is 0 Å². The van der Waals surface area contributed by atoms with Gasteiger partial charge < -0.3 is 11.2 Å². The fourth-order valence-corrected chi connectivity index (χ4v) is 6.27. The van der Waals surface area contributed by atoms with Crippen LogP contribution in [0.2, 0.25) is 0 Å². The lowest BCUT2D eigenvalue weighted by molar-refractivity contribution is -0.143. The van der Waals surface area contributed by atoms with Crippen molar-refractivity contribution in [3.8, 4) is 0 Å². The fraction of sp³-hybridized carbons (Fsp3) is 0.609. The molecule has 2 aliphatic rings. The molecule has 9 nitrogen and oxygen atoms in total. The van der Waals surface area contributed by atoms with Crippen LogP contribution < -0.4 is 11.2 Å². The summed E-state index contributed by atoms with van der Waals surface area (Å²) in [5.41, 5.74) is -5.61. The van der Waals surface area contributed by atoms with Crippen LogP contribution in [0.15, 0.2) is 28.3 Å². The third-order valence-corrected chi connectivity index (χ3v) is 9.05. The number of halogens is 8. The van der Waals surface area contributed by atoms with E-state index < -0.39 is 80.9 Å². The highest BCUT2D eigenvalue weighted by Crippen LogP contribution is 2.42. The van der Waals surface area contributed by atoms with Crippen molar-refractivity contribution in [3.63, 3.8) is 0 Å². The van der Waals surface area contributed by atoms with Crippen molar-refractivity contribution in [2.75, 3.05) is 39.8 Å². The number of carbonyl (C=O) groups is 1. The molecule has 2 fully saturated rings. The third kappa shape index (κ3) is 7.32. The van der Waals surface area contributed by atoms with Crippen LogP contribution >= 0.6 is 0 Å². The van der Waals surface area contributed by atoms with Gasteiger partial charge in [0.15, 0.2) is 0 Å². The first kappa shape index (κ1) is 32.7. The van der Waals surface area contributed by atoms with E-state index in [0.29, 0.717) is 12.1 Å². The first-order chi connectivity index (χ1) is 18.9. The van der Waals surface area contributed by atoms with Crippen LogP contribution in [-0.4, -0.2) is 86.0 Å². The zero-order valence-corrected chi connectivity index (χ0v) is 22.5. The Kier molecular flexibility index (Phi) is 9.39. The van der Waals surface area contributed by atoms with Gasteiger partial charge in [-0.25, -0.2) is 17.2 Å². The van der Waals surface area contributed by atoms with E-state index in [4.69, 9.17) is 5.84 Å². The second-order valence-corrected chi connectivity index (χ2v) is 11.6. The minimum Gasteiger partial charge on any atom is -0.350 e. The minimum atomic E-state index is -5.28. The quantitative estimate of drug-likeness (QED) is 0.166.